The molecule has 2 heterocycles. The fourth-order valence-electron chi connectivity index (χ4n) is 2.58. The number of benzene rings is 1. The Bertz CT molecular complexity index is 937. The molecule has 2 aromatic heterocycles. The van der Waals surface area contributed by atoms with Gasteiger partial charge in [0.1, 0.15) is 6.61 Å². The molecule has 1 N–H and O–H groups in total. The monoisotopic (exact) mass is 343 g/mol. The van der Waals surface area contributed by atoms with E-state index in [0.717, 1.165) is 16.8 Å². The van der Waals surface area contributed by atoms with E-state index in [1.807, 2.05) is 26.0 Å². The smallest absolute Gasteiger partial charge is 0.411 e. The number of carbonyl (C=O) groups excluding carboxylic acids is 1. The number of hydrogen-bond acceptors (Lipinski definition) is 4. The minimum absolute atomic E-state index is 0.0721. The highest BCUT2D eigenvalue weighted by atomic mass is 19.1. The Morgan fingerprint density at radius 2 is 2.12 bits per heavy atom. The summed E-state index contributed by atoms with van der Waals surface area (Å²) in [5.41, 5.74) is 3.37. The lowest BCUT2D eigenvalue weighted by Gasteiger charge is -2.15. The molecule has 3 aromatic rings. The van der Waals surface area contributed by atoms with E-state index in [1.54, 1.807) is 22.9 Å². The number of fused-ring (bicyclic) bond motifs is 1. The highest BCUT2D eigenvalue weighted by Crippen LogP contribution is 2.27. The fraction of sp³-hybridized carbons (Fsp3) is 0.222. The Balaban J connectivity index is 1.92. The van der Waals surface area contributed by atoms with Crippen molar-refractivity contribution in [1.82, 2.24) is 9.38 Å². The van der Waals surface area contributed by atoms with Crippen LogP contribution < -0.4 is 10.1 Å². The highest BCUT2D eigenvalue weighted by Gasteiger charge is 2.15. The van der Waals surface area contributed by atoms with Crippen molar-refractivity contribution in [1.29, 1.82) is 0 Å². The first-order valence-corrected chi connectivity index (χ1v) is 7.69. The number of pyridine rings is 1. The Kier molecular flexibility index (Phi) is 4.56. The summed E-state index contributed by atoms with van der Waals surface area (Å²) in [6.45, 7) is 3.79. The van der Waals surface area contributed by atoms with E-state index in [2.05, 4.69) is 15.0 Å². The molecular weight excluding hydrogens is 325 g/mol. The first kappa shape index (κ1) is 16.8. The van der Waals surface area contributed by atoms with E-state index in [0.29, 0.717) is 11.3 Å². The van der Waals surface area contributed by atoms with Gasteiger partial charge in [0.05, 0.1) is 18.5 Å². The molecule has 0 bridgehead atoms. The lowest BCUT2D eigenvalue weighted by Crippen LogP contribution is -2.14. The van der Waals surface area contributed by atoms with Crippen LogP contribution in [0.25, 0.3) is 5.65 Å². The second kappa shape index (κ2) is 6.80. The lowest BCUT2D eigenvalue weighted by molar-refractivity contribution is 0.187. The van der Waals surface area contributed by atoms with Crippen molar-refractivity contribution >= 4 is 17.4 Å². The van der Waals surface area contributed by atoms with Crippen LogP contribution in [0.1, 0.15) is 16.8 Å². The molecule has 1 amide bonds. The average molecular weight is 343 g/mol. The number of nitrogens with one attached hydrogen (secondary N) is 1. The molecule has 0 unspecified atom stereocenters. The van der Waals surface area contributed by atoms with Crippen LogP contribution in [0.2, 0.25) is 0 Å². The molecule has 0 fully saturated rings. The SMILES string of the molecule is COC(=O)Nc1cccc(C)c1COc1c(F)ccn2cc(C)nc12. The third-order valence-corrected chi connectivity index (χ3v) is 3.85. The van der Waals surface area contributed by atoms with Crippen LogP contribution in [0.15, 0.2) is 36.7 Å². The van der Waals surface area contributed by atoms with Crippen molar-refractivity contribution in [3.05, 3.63) is 59.3 Å². The summed E-state index contributed by atoms with van der Waals surface area (Å²) in [4.78, 5) is 15.8. The summed E-state index contributed by atoms with van der Waals surface area (Å²) >= 11 is 0. The van der Waals surface area contributed by atoms with Crippen LogP contribution in [0, 0.1) is 19.7 Å². The molecule has 0 atom stereocenters. The molecule has 0 saturated heterocycles. The Hall–Kier alpha value is -3.09. The number of aryl methyl sites for hydroxylation is 2. The number of hydrogen-bond donors (Lipinski definition) is 1. The number of aromatic nitrogens is 2. The van der Waals surface area contributed by atoms with Crippen molar-refractivity contribution in [2.75, 3.05) is 12.4 Å². The summed E-state index contributed by atoms with van der Waals surface area (Å²) in [6.07, 6.45) is 2.80. The second-order valence-corrected chi connectivity index (χ2v) is 5.61. The van der Waals surface area contributed by atoms with Gasteiger partial charge in [-0.05, 0) is 31.5 Å². The lowest BCUT2D eigenvalue weighted by atomic mass is 10.1. The van der Waals surface area contributed by atoms with E-state index >= 15 is 0 Å². The minimum atomic E-state index is -0.580. The van der Waals surface area contributed by atoms with Gasteiger partial charge in [0.2, 0.25) is 0 Å². The largest absolute Gasteiger partial charge is 0.482 e. The van der Waals surface area contributed by atoms with E-state index < -0.39 is 11.9 Å². The van der Waals surface area contributed by atoms with Gasteiger partial charge in [0, 0.05) is 18.0 Å². The normalized spacial score (nSPS) is 10.7. The molecule has 0 aliphatic heterocycles. The highest BCUT2D eigenvalue weighted by molar-refractivity contribution is 5.85. The maximum Gasteiger partial charge on any atom is 0.411 e. The molecule has 3 rings (SSSR count). The predicted octanol–water partition coefficient (Wildman–Crippen LogP) is 3.85. The molecule has 25 heavy (non-hydrogen) atoms. The Morgan fingerprint density at radius 1 is 1.32 bits per heavy atom. The van der Waals surface area contributed by atoms with Crippen molar-refractivity contribution in [2.24, 2.45) is 0 Å². The summed E-state index contributed by atoms with van der Waals surface area (Å²) in [6, 6.07) is 6.76. The van der Waals surface area contributed by atoms with Crippen LogP contribution in [0.3, 0.4) is 0 Å². The van der Waals surface area contributed by atoms with E-state index in [4.69, 9.17) is 4.74 Å². The topological polar surface area (TPSA) is 64.9 Å². The maximum atomic E-state index is 14.2. The molecule has 1 aromatic carbocycles. The van der Waals surface area contributed by atoms with E-state index in [9.17, 15) is 9.18 Å². The second-order valence-electron chi connectivity index (χ2n) is 5.61. The number of rotatable bonds is 4. The van der Waals surface area contributed by atoms with Gasteiger partial charge in [-0.15, -0.1) is 0 Å². The van der Waals surface area contributed by atoms with Gasteiger partial charge in [0.15, 0.2) is 17.2 Å². The Labute approximate surface area is 144 Å². The quantitative estimate of drug-likeness (QED) is 0.781. The maximum absolute atomic E-state index is 14.2. The molecule has 130 valence electrons. The molecule has 7 heteroatoms. The number of nitrogens with zero attached hydrogens (tertiary/aromatic N) is 2. The van der Waals surface area contributed by atoms with Crippen molar-refractivity contribution in [3.63, 3.8) is 0 Å². The van der Waals surface area contributed by atoms with Gasteiger partial charge in [-0.3, -0.25) is 5.32 Å². The Morgan fingerprint density at radius 3 is 2.88 bits per heavy atom. The number of imidazole rings is 1. The number of halogens is 1. The summed E-state index contributed by atoms with van der Waals surface area (Å²) in [7, 11) is 1.29. The van der Waals surface area contributed by atoms with E-state index in [1.165, 1.54) is 13.2 Å². The first-order chi connectivity index (χ1) is 12.0. The van der Waals surface area contributed by atoms with Gasteiger partial charge < -0.3 is 13.9 Å². The van der Waals surface area contributed by atoms with Gasteiger partial charge in [-0.1, -0.05) is 12.1 Å². The van der Waals surface area contributed by atoms with Crippen molar-refractivity contribution < 1.29 is 18.7 Å². The standard InChI is InChI=1S/C18H18FN3O3/c1-11-5-4-6-15(21-18(23)24-3)13(11)10-25-16-14(19)7-8-22-9-12(2)20-17(16)22/h4-9H,10H2,1-3H3,(H,21,23). The molecule has 0 saturated carbocycles. The van der Waals surface area contributed by atoms with Crippen LogP contribution in [0.5, 0.6) is 5.75 Å². The van der Waals surface area contributed by atoms with E-state index in [-0.39, 0.29) is 12.4 Å². The fourth-order valence-corrected chi connectivity index (χ4v) is 2.58. The zero-order valence-electron chi connectivity index (χ0n) is 14.2. The van der Waals surface area contributed by atoms with Crippen molar-refractivity contribution in [3.8, 4) is 5.75 Å². The van der Waals surface area contributed by atoms with Gasteiger partial charge in [0.25, 0.3) is 0 Å². The first-order valence-electron chi connectivity index (χ1n) is 7.69. The number of carbonyl (C=O) groups is 1. The zero-order valence-corrected chi connectivity index (χ0v) is 14.2. The predicted molar refractivity (Wildman–Crippen MR) is 91.4 cm³/mol. The number of anilines is 1. The van der Waals surface area contributed by atoms with Crippen LogP contribution in [-0.4, -0.2) is 22.6 Å². The molecule has 0 spiro atoms. The third-order valence-electron chi connectivity index (χ3n) is 3.85. The van der Waals surface area contributed by atoms with Gasteiger partial charge in [-0.2, -0.15) is 0 Å². The number of amides is 1. The summed E-state index contributed by atoms with van der Waals surface area (Å²) in [5, 5.41) is 2.64. The molecule has 0 aliphatic carbocycles. The summed E-state index contributed by atoms with van der Waals surface area (Å²) < 4.78 is 26.3. The minimum Gasteiger partial charge on any atom is -0.482 e. The molecule has 0 aliphatic rings. The molecule has 6 nitrogen and oxygen atoms in total. The number of methoxy groups -OCH3 is 1. The van der Waals surface area contributed by atoms with Crippen LogP contribution >= 0.6 is 0 Å². The van der Waals surface area contributed by atoms with Gasteiger partial charge in [-0.25, -0.2) is 14.2 Å². The summed E-state index contributed by atoms with van der Waals surface area (Å²) in [5.74, 6) is -0.419. The number of ether oxygens (including phenoxy) is 2. The van der Waals surface area contributed by atoms with Crippen LogP contribution in [-0.2, 0) is 11.3 Å². The van der Waals surface area contributed by atoms with Crippen molar-refractivity contribution in [2.45, 2.75) is 20.5 Å². The zero-order chi connectivity index (χ0) is 18.0. The molecular formula is C18H18FN3O3. The van der Waals surface area contributed by atoms with Gasteiger partial charge >= 0.3 is 6.09 Å². The average Bonchev–Trinajstić information content (AvgIpc) is 2.96. The third kappa shape index (κ3) is 3.40. The van der Waals surface area contributed by atoms with Crippen LogP contribution in [0.4, 0.5) is 14.9 Å². The molecule has 0 radical (unpaired) electrons.